The Morgan fingerprint density at radius 1 is 1.17 bits per heavy atom. The lowest BCUT2D eigenvalue weighted by Crippen LogP contribution is -2.40. The summed E-state index contributed by atoms with van der Waals surface area (Å²) in [7, 11) is 0. The molecule has 1 aliphatic rings. The fraction of sp³-hybridized carbons (Fsp3) is 0.550. The molecule has 24 heavy (non-hydrogen) atoms. The second-order valence-corrected chi connectivity index (χ2v) is 6.91. The van der Waals surface area contributed by atoms with E-state index >= 15 is 0 Å². The van der Waals surface area contributed by atoms with Crippen LogP contribution in [0.15, 0.2) is 30.3 Å². The molecular weight excluding hydrogens is 298 g/mol. The van der Waals surface area contributed by atoms with Crippen molar-refractivity contribution in [3.63, 3.8) is 0 Å². The Hall–Kier alpha value is -1.65. The van der Waals surface area contributed by atoms with E-state index in [1.54, 1.807) is 0 Å². The molecule has 130 valence electrons. The van der Waals surface area contributed by atoms with Gasteiger partial charge in [-0.2, -0.15) is 5.10 Å². The van der Waals surface area contributed by atoms with Crippen molar-refractivity contribution >= 4 is 0 Å². The minimum atomic E-state index is 0.141. The van der Waals surface area contributed by atoms with Crippen molar-refractivity contribution < 1.29 is 5.11 Å². The molecule has 1 aromatic heterocycles. The van der Waals surface area contributed by atoms with Crippen LogP contribution in [0.1, 0.15) is 41.8 Å². The topological polar surface area (TPSA) is 41.3 Å². The van der Waals surface area contributed by atoms with Gasteiger partial charge in [0.1, 0.15) is 0 Å². The molecule has 2 heterocycles. The fourth-order valence-electron chi connectivity index (χ4n) is 3.86. The number of likely N-dealkylation sites (tertiary alicyclic amines) is 1. The van der Waals surface area contributed by atoms with Gasteiger partial charge in [0.05, 0.1) is 18.8 Å². The van der Waals surface area contributed by atoms with Gasteiger partial charge < -0.3 is 5.11 Å². The Morgan fingerprint density at radius 2 is 1.96 bits per heavy atom. The zero-order chi connectivity index (χ0) is 16.9. The van der Waals surface area contributed by atoms with Gasteiger partial charge in [-0.15, -0.1) is 0 Å². The smallest absolute Gasteiger partial charge is 0.0644 e. The first kappa shape index (κ1) is 17.2. The largest absolute Gasteiger partial charge is 0.394 e. The first-order valence-electron chi connectivity index (χ1n) is 9.10. The van der Waals surface area contributed by atoms with Gasteiger partial charge in [0.15, 0.2) is 0 Å². The molecule has 4 heteroatoms. The van der Waals surface area contributed by atoms with Crippen LogP contribution in [0.5, 0.6) is 0 Å². The lowest BCUT2D eigenvalue weighted by atomic mass is 9.95. The number of aryl methyl sites for hydroxylation is 1. The molecule has 0 saturated carbocycles. The molecule has 1 atom stereocenters. The minimum absolute atomic E-state index is 0.141. The predicted molar refractivity (Wildman–Crippen MR) is 97.0 cm³/mol. The van der Waals surface area contributed by atoms with Gasteiger partial charge in [0, 0.05) is 23.8 Å². The average Bonchev–Trinajstić information content (AvgIpc) is 2.85. The van der Waals surface area contributed by atoms with E-state index < -0.39 is 0 Å². The fourth-order valence-corrected chi connectivity index (χ4v) is 3.86. The van der Waals surface area contributed by atoms with Crippen LogP contribution in [-0.4, -0.2) is 39.0 Å². The third kappa shape index (κ3) is 3.87. The quantitative estimate of drug-likeness (QED) is 0.886. The van der Waals surface area contributed by atoms with Crippen LogP contribution in [0.2, 0.25) is 0 Å². The van der Waals surface area contributed by atoms with Crippen molar-refractivity contribution in [2.45, 2.75) is 58.7 Å². The first-order chi connectivity index (χ1) is 11.7. The number of aromatic nitrogens is 2. The lowest BCUT2D eigenvalue weighted by Gasteiger charge is -2.36. The summed E-state index contributed by atoms with van der Waals surface area (Å²) in [4.78, 5) is 2.64. The van der Waals surface area contributed by atoms with Gasteiger partial charge in [0.25, 0.3) is 0 Å². The highest BCUT2D eigenvalue weighted by Crippen LogP contribution is 2.25. The maximum Gasteiger partial charge on any atom is 0.0644 e. The highest BCUT2D eigenvalue weighted by Gasteiger charge is 2.24. The highest BCUT2D eigenvalue weighted by atomic mass is 16.3. The minimum Gasteiger partial charge on any atom is -0.394 e. The summed E-state index contributed by atoms with van der Waals surface area (Å²) in [5.74, 6) is 0. The van der Waals surface area contributed by atoms with Crippen molar-refractivity contribution in [3.05, 3.63) is 52.8 Å². The van der Waals surface area contributed by atoms with Crippen molar-refractivity contribution in [3.8, 4) is 0 Å². The third-order valence-corrected chi connectivity index (χ3v) is 5.27. The van der Waals surface area contributed by atoms with Crippen molar-refractivity contribution in [2.75, 3.05) is 13.2 Å². The van der Waals surface area contributed by atoms with Crippen LogP contribution < -0.4 is 0 Å². The van der Waals surface area contributed by atoms with Gasteiger partial charge in [-0.05, 0) is 45.2 Å². The Kier molecular flexibility index (Phi) is 5.69. The number of piperidine rings is 1. The van der Waals surface area contributed by atoms with Gasteiger partial charge >= 0.3 is 0 Å². The molecule has 1 aliphatic heterocycles. The molecule has 1 unspecified atom stereocenters. The molecule has 1 fully saturated rings. The normalized spacial score (nSPS) is 18.9. The number of benzene rings is 1. The third-order valence-electron chi connectivity index (χ3n) is 5.27. The summed E-state index contributed by atoms with van der Waals surface area (Å²) in [6, 6.07) is 11.4. The highest BCUT2D eigenvalue weighted by molar-refractivity contribution is 5.25. The maximum absolute atomic E-state index is 9.20. The van der Waals surface area contributed by atoms with Gasteiger partial charge in [-0.25, -0.2) is 0 Å². The molecular formula is C20H29N3O. The molecule has 4 nitrogen and oxygen atoms in total. The molecule has 0 spiro atoms. The van der Waals surface area contributed by atoms with Crippen LogP contribution in [-0.2, 0) is 19.5 Å². The van der Waals surface area contributed by atoms with Crippen molar-refractivity contribution in [1.82, 2.24) is 14.7 Å². The van der Waals surface area contributed by atoms with Crippen LogP contribution in [0, 0.1) is 13.8 Å². The summed E-state index contributed by atoms with van der Waals surface area (Å²) in [6.07, 6.45) is 5.02. The van der Waals surface area contributed by atoms with Crippen LogP contribution in [0.4, 0.5) is 0 Å². The van der Waals surface area contributed by atoms with Crippen LogP contribution in [0.25, 0.3) is 0 Å². The Labute approximate surface area is 145 Å². The number of aliphatic hydroxyl groups excluding tert-OH is 1. The van der Waals surface area contributed by atoms with Crippen LogP contribution in [0.3, 0.4) is 0 Å². The maximum atomic E-state index is 9.20. The zero-order valence-corrected chi connectivity index (χ0v) is 14.9. The number of nitrogens with zero attached hydrogens (tertiary/aromatic N) is 3. The van der Waals surface area contributed by atoms with Gasteiger partial charge in [-0.1, -0.05) is 36.8 Å². The van der Waals surface area contributed by atoms with E-state index in [4.69, 9.17) is 0 Å². The molecule has 2 aromatic rings. The summed E-state index contributed by atoms with van der Waals surface area (Å²) in [6.45, 7) is 7.08. The summed E-state index contributed by atoms with van der Waals surface area (Å²) < 4.78 is 1.95. The molecule has 0 aliphatic carbocycles. The zero-order valence-electron chi connectivity index (χ0n) is 14.9. The Balaban J connectivity index is 1.74. The number of rotatable bonds is 6. The van der Waals surface area contributed by atoms with Gasteiger partial charge in [-0.3, -0.25) is 9.58 Å². The average molecular weight is 327 g/mol. The summed E-state index contributed by atoms with van der Waals surface area (Å²) >= 11 is 0. The Bertz CT molecular complexity index is 650. The molecule has 0 amide bonds. The SMILES string of the molecule is Cc1nn(CCO)c(C)c1CN1CCCCC1Cc1ccccc1. The molecule has 1 aromatic carbocycles. The second-order valence-electron chi connectivity index (χ2n) is 6.91. The molecule has 1 saturated heterocycles. The number of aliphatic hydroxyl groups is 1. The molecule has 0 radical (unpaired) electrons. The second kappa shape index (κ2) is 7.95. The van der Waals surface area contributed by atoms with E-state index in [9.17, 15) is 5.11 Å². The molecule has 0 bridgehead atoms. The van der Waals surface area contributed by atoms with E-state index in [1.807, 2.05) is 4.68 Å². The van der Waals surface area contributed by atoms with E-state index in [2.05, 4.69) is 54.2 Å². The number of hydrogen-bond donors (Lipinski definition) is 1. The van der Waals surface area contributed by atoms with Crippen molar-refractivity contribution in [2.24, 2.45) is 0 Å². The van der Waals surface area contributed by atoms with E-state index in [1.165, 1.54) is 42.6 Å². The molecule has 3 rings (SSSR count). The summed E-state index contributed by atoms with van der Waals surface area (Å²) in [5, 5.41) is 13.8. The van der Waals surface area contributed by atoms with Crippen LogP contribution >= 0.6 is 0 Å². The van der Waals surface area contributed by atoms with E-state index in [0.29, 0.717) is 12.6 Å². The van der Waals surface area contributed by atoms with E-state index in [0.717, 1.165) is 18.7 Å². The summed E-state index contributed by atoms with van der Waals surface area (Å²) in [5.41, 5.74) is 5.07. The lowest BCUT2D eigenvalue weighted by molar-refractivity contribution is 0.138. The first-order valence-corrected chi connectivity index (χ1v) is 9.10. The number of hydrogen-bond acceptors (Lipinski definition) is 3. The van der Waals surface area contributed by atoms with E-state index in [-0.39, 0.29) is 6.61 Å². The van der Waals surface area contributed by atoms with Gasteiger partial charge in [0.2, 0.25) is 0 Å². The van der Waals surface area contributed by atoms with Crippen molar-refractivity contribution in [1.29, 1.82) is 0 Å². The monoisotopic (exact) mass is 327 g/mol. The predicted octanol–water partition coefficient (Wildman–Crippen LogP) is 3.09. The molecule has 1 N–H and O–H groups in total. The Morgan fingerprint density at radius 3 is 2.71 bits per heavy atom. The standard InChI is InChI=1S/C20H29N3O/c1-16-20(17(2)23(21-16)12-13-24)15-22-11-7-6-10-19(22)14-18-8-4-3-5-9-18/h3-5,8-9,19,24H,6-7,10-15H2,1-2H3.